The summed E-state index contributed by atoms with van der Waals surface area (Å²) in [5, 5.41) is 0. The number of primary amides is 1. The quantitative estimate of drug-likeness (QED) is 0.643. The van der Waals surface area contributed by atoms with Gasteiger partial charge in [-0.05, 0) is 31.4 Å². The molecule has 96 valence electrons. The number of amides is 1. The number of hydrogen-bond acceptors (Lipinski definition) is 2. The second-order valence-electron chi connectivity index (χ2n) is 3.96. The average molecular weight is 248 g/mol. The van der Waals surface area contributed by atoms with E-state index in [1.807, 2.05) is 19.1 Å². The van der Waals surface area contributed by atoms with Crippen LogP contribution in [0.2, 0.25) is 0 Å². The van der Waals surface area contributed by atoms with Gasteiger partial charge in [-0.3, -0.25) is 4.79 Å². The van der Waals surface area contributed by atoms with E-state index in [1.165, 1.54) is 6.20 Å². The van der Waals surface area contributed by atoms with Crippen molar-refractivity contribution in [3.8, 4) is 0 Å². The lowest BCUT2D eigenvalue weighted by Gasteiger charge is -2.04. The second-order valence-corrected chi connectivity index (χ2v) is 3.96. The molecule has 2 N–H and O–H groups in total. The van der Waals surface area contributed by atoms with Crippen molar-refractivity contribution in [3.63, 3.8) is 0 Å². The molecule has 0 saturated heterocycles. The van der Waals surface area contributed by atoms with Crippen LogP contribution in [0, 0.1) is 5.95 Å². The highest BCUT2D eigenvalue weighted by Gasteiger charge is 2.13. The van der Waals surface area contributed by atoms with E-state index in [9.17, 15) is 9.18 Å². The summed E-state index contributed by atoms with van der Waals surface area (Å²) in [6, 6.07) is 1.60. The van der Waals surface area contributed by atoms with E-state index in [2.05, 4.69) is 18.0 Å². The molecule has 0 radical (unpaired) electrons. The minimum absolute atomic E-state index is 0.126. The molecule has 0 bridgehead atoms. The summed E-state index contributed by atoms with van der Waals surface area (Å²) in [7, 11) is 0. The topological polar surface area (TPSA) is 56.0 Å². The first-order valence-electron chi connectivity index (χ1n) is 5.82. The van der Waals surface area contributed by atoms with E-state index in [0.29, 0.717) is 12.0 Å². The van der Waals surface area contributed by atoms with Gasteiger partial charge in [0.15, 0.2) is 0 Å². The van der Waals surface area contributed by atoms with E-state index >= 15 is 0 Å². The van der Waals surface area contributed by atoms with Gasteiger partial charge in [0.1, 0.15) is 0 Å². The third-order valence-electron chi connectivity index (χ3n) is 2.48. The van der Waals surface area contributed by atoms with Crippen molar-refractivity contribution in [1.82, 2.24) is 4.98 Å². The smallest absolute Gasteiger partial charge is 0.253 e. The van der Waals surface area contributed by atoms with Crippen LogP contribution < -0.4 is 5.73 Å². The Bertz CT molecular complexity index is 493. The highest BCUT2D eigenvalue weighted by atomic mass is 19.1. The largest absolute Gasteiger partial charge is 0.365 e. The molecule has 0 fully saturated rings. The third-order valence-corrected chi connectivity index (χ3v) is 2.48. The Morgan fingerprint density at radius 3 is 2.89 bits per heavy atom. The number of carbonyl (C=O) groups excluding carboxylic acids is 1. The van der Waals surface area contributed by atoms with Crippen LogP contribution in [0.5, 0.6) is 0 Å². The van der Waals surface area contributed by atoms with Crippen LogP contribution in [0.15, 0.2) is 36.1 Å². The molecule has 0 unspecified atom stereocenters. The molecule has 18 heavy (non-hydrogen) atoms. The van der Waals surface area contributed by atoms with Gasteiger partial charge in [0, 0.05) is 6.20 Å². The molecule has 0 saturated carbocycles. The van der Waals surface area contributed by atoms with Crippen LogP contribution in [-0.2, 0) is 6.42 Å². The molecular formula is C14H17FN2O. The fourth-order valence-electron chi connectivity index (χ4n) is 1.66. The minimum atomic E-state index is -0.811. The van der Waals surface area contributed by atoms with E-state index < -0.39 is 11.9 Å². The number of hydrogen-bond donors (Lipinski definition) is 1. The summed E-state index contributed by atoms with van der Waals surface area (Å²) in [4.78, 5) is 14.6. The number of rotatable bonds is 5. The molecule has 0 aliphatic carbocycles. The molecule has 0 spiro atoms. The fourth-order valence-corrected chi connectivity index (χ4v) is 1.66. The van der Waals surface area contributed by atoms with Crippen molar-refractivity contribution in [2.45, 2.75) is 26.7 Å². The molecule has 0 aliphatic heterocycles. The lowest BCUT2D eigenvalue weighted by molar-refractivity contribution is 0.0994. The van der Waals surface area contributed by atoms with Crippen LogP contribution in [0.1, 0.15) is 36.2 Å². The molecule has 1 amide bonds. The summed E-state index contributed by atoms with van der Waals surface area (Å²) >= 11 is 0. The van der Waals surface area contributed by atoms with E-state index in [-0.39, 0.29) is 5.56 Å². The maximum atomic E-state index is 13.4. The summed E-state index contributed by atoms with van der Waals surface area (Å²) in [6.45, 7) is 4.04. The predicted octanol–water partition coefficient (Wildman–Crippen LogP) is 2.77. The van der Waals surface area contributed by atoms with E-state index in [1.54, 1.807) is 6.07 Å². The maximum absolute atomic E-state index is 13.4. The number of nitrogens with two attached hydrogens (primary N) is 1. The maximum Gasteiger partial charge on any atom is 0.253 e. The Morgan fingerprint density at radius 1 is 1.56 bits per heavy atom. The van der Waals surface area contributed by atoms with Crippen LogP contribution in [0.3, 0.4) is 0 Å². The van der Waals surface area contributed by atoms with Crippen molar-refractivity contribution in [1.29, 1.82) is 0 Å². The standard InChI is InChI=1S/C14H17FN2O/c1-3-5-10(2)6-4-7-11-8-9-17-13(15)12(11)14(16)18/h4-6,8-9H,3,7H2,1-2H3,(H2,16,18). The minimum Gasteiger partial charge on any atom is -0.365 e. The average Bonchev–Trinajstić information content (AvgIpc) is 2.28. The van der Waals surface area contributed by atoms with Gasteiger partial charge in [-0.1, -0.05) is 30.7 Å². The molecule has 3 nitrogen and oxygen atoms in total. The zero-order valence-corrected chi connectivity index (χ0v) is 10.6. The van der Waals surface area contributed by atoms with Gasteiger partial charge in [-0.25, -0.2) is 4.98 Å². The molecule has 0 aliphatic rings. The van der Waals surface area contributed by atoms with Crippen molar-refractivity contribution in [2.75, 3.05) is 0 Å². The first-order valence-corrected chi connectivity index (χ1v) is 5.82. The predicted molar refractivity (Wildman–Crippen MR) is 69.6 cm³/mol. The van der Waals surface area contributed by atoms with Crippen molar-refractivity contribution in [3.05, 3.63) is 53.1 Å². The normalized spacial score (nSPS) is 12.1. The summed E-state index contributed by atoms with van der Waals surface area (Å²) in [5.74, 6) is -1.60. The molecule has 0 atom stereocenters. The Hall–Kier alpha value is -1.97. The zero-order chi connectivity index (χ0) is 13.5. The van der Waals surface area contributed by atoms with Crippen LogP contribution in [-0.4, -0.2) is 10.9 Å². The van der Waals surface area contributed by atoms with Gasteiger partial charge in [-0.15, -0.1) is 0 Å². The number of carbonyl (C=O) groups is 1. The number of allylic oxidation sites excluding steroid dienone is 4. The van der Waals surface area contributed by atoms with Gasteiger partial charge in [0.05, 0.1) is 5.56 Å². The number of halogens is 1. The van der Waals surface area contributed by atoms with Gasteiger partial charge < -0.3 is 5.73 Å². The molecule has 1 heterocycles. The number of aromatic nitrogens is 1. The lowest BCUT2D eigenvalue weighted by atomic mass is 10.1. The van der Waals surface area contributed by atoms with Crippen LogP contribution >= 0.6 is 0 Å². The Labute approximate surface area is 106 Å². The number of nitrogens with zero attached hydrogens (tertiary/aromatic N) is 1. The lowest BCUT2D eigenvalue weighted by Crippen LogP contribution is -2.16. The monoisotopic (exact) mass is 248 g/mol. The van der Waals surface area contributed by atoms with Crippen molar-refractivity contribution in [2.24, 2.45) is 5.73 Å². The molecule has 4 heteroatoms. The second kappa shape index (κ2) is 6.69. The highest BCUT2D eigenvalue weighted by Crippen LogP contribution is 2.12. The molecule has 1 aromatic rings. The van der Waals surface area contributed by atoms with Crippen molar-refractivity contribution < 1.29 is 9.18 Å². The van der Waals surface area contributed by atoms with Gasteiger partial charge >= 0.3 is 0 Å². The first kappa shape index (κ1) is 14.1. The first-order chi connectivity index (χ1) is 8.56. The summed E-state index contributed by atoms with van der Waals surface area (Å²) < 4.78 is 13.4. The SMILES string of the molecule is CCC=C(C)C=CCc1ccnc(F)c1C(N)=O. The third kappa shape index (κ3) is 3.80. The van der Waals surface area contributed by atoms with Gasteiger partial charge in [-0.2, -0.15) is 4.39 Å². The molecular weight excluding hydrogens is 231 g/mol. The Balaban J connectivity index is 2.89. The summed E-state index contributed by atoms with van der Waals surface area (Å²) in [5.41, 5.74) is 6.70. The van der Waals surface area contributed by atoms with Crippen molar-refractivity contribution >= 4 is 5.91 Å². The molecule has 1 rings (SSSR count). The van der Waals surface area contributed by atoms with E-state index in [4.69, 9.17) is 5.73 Å². The molecule has 1 aromatic heterocycles. The fraction of sp³-hybridized carbons (Fsp3) is 0.286. The Morgan fingerprint density at radius 2 is 2.28 bits per heavy atom. The van der Waals surface area contributed by atoms with Gasteiger partial charge in [0.25, 0.3) is 5.91 Å². The van der Waals surface area contributed by atoms with E-state index in [0.717, 1.165) is 12.0 Å². The Kier molecular flexibility index (Phi) is 5.24. The van der Waals surface area contributed by atoms with Gasteiger partial charge in [0.2, 0.25) is 5.95 Å². The number of pyridine rings is 1. The van der Waals surface area contributed by atoms with Crippen LogP contribution in [0.25, 0.3) is 0 Å². The molecule has 0 aromatic carbocycles. The van der Waals surface area contributed by atoms with Crippen LogP contribution in [0.4, 0.5) is 4.39 Å². The summed E-state index contributed by atoms with van der Waals surface area (Å²) in [6.07, 6.45) is 8.65. The zero-order valence-electron chi connectivity index (χ0n) is 10.6. The highest BCUT2D eigenvalue weighted by molar-refractivity contribution is 5.94.